The maximum absolute atomic E-state index is 12.1. The highest BCUT2D eigenvalue weighted by molar-refractivity contribution is 6.32. The minimum Gasteiger partial charge on any atom is -0.452 e. The highest BCUT2D eigenvalue weighted by Crippen LogP contribution is 2.27. The van der Waals surface area contributed by atoms with Gasteiger partial charge in [-0.05, 0) is 29.7 Å². The first-order valence-electron chi connectivity index (χ1n) is 9.29. The minimum absolute atomic E-state index is 0.0477. The van der Waals surface area contributed by atoms with Crippen LogP contribution in [0.4, 0.5) is 0 Å². The normalized spacial score (nSPS) is 10.6. The van der Waals surface area contributed by atoms with Crippen LogP contribution >= 0.6 is 11.6 Å². The van der Waals surface area contributed by atoms with Gasteiger partial charge in [0, 0.05) is 18.7 Å². The number of benzene rings is 2. The lowest BCUT2D eigenvalue weighted by Gasteiger charge is -2.18. The molecule has 0 aliphatic heterocycles. The molecule has 2 aromatic carbocycles. The molecule has 0 saturated heterocycles. The zero-order chi connectivity index (χ0) is 20.5. The monoisotopic (exact) mass is 408 g/mol. The average Bonchev–Trinajstić information content (AvgIpc) is 2.76. The van der Waals surface area contributed by atoms with Crippen molar-refractivity contribution in [3.8, 4) is 0 Å². The standard InChI is InChI=1S/C23H21ClN2O3/c24-22-20(12-7-14-26-22)23(28)29-16-21(27)25-15-13-19(17-8-3-1-4-9-17)18-10-5-2-6-11-18/h1-12,14,19H,13,15-16H2,(H,25,27). The molecule has 0 atom stereocenters. The summed E-state index contributed by atoms with van der Waals surface area (Å²) in [5.41, 5.74) is 2.51. The van der Waals surface area contributed by atoms with Gasteiger partial charge < -0.3 is 10.1 Å². The van der Waals surface area contributed by atoms with Crippen LogP contribution in [0.5, 0.6) is 0 Å². The van der Waals surface area contributed by atoms with Gasteiger partial charge in [-0.1, -0.05) is 72.3 Å². The third-order valence-electron chi connectivity index (χ3n) is 4.47. The Hall–Kier alpha value is -3.18. The van der Waals surface area contributed by atoms with Gasteiger partial charge in [0.15, 0.2) is 6.61 Å². The average molecular weight is 409 g/mol. The van der Waals surface area contributed by atoms with E-state index >= 15 is 0 Å². The van der Waals surface area contributed by atoms with E-state index in [-0.39, 0.29) is 29.1 Å². The molecule has 148 valence electrons. The van der Waals surface area contributed by atoms with Crippen LogP contribution in [0.25, 0.3) is 0 Å². The molecule has 1 amide bonds. The fraction of sp³-hybridized carbons (Fsp3) is 0.174. The molecule has 1 heterocycles. The molecule has 0 bridgehead atoms. The number of carbonyl (C=O) groups is 2. The summed E-state index contributed by atoms with van der Waals surface area (Å²) < 4.78 is 5.02. The molecule has 0 saturated carbocycles. The van der Waals surface area contributed by atoms with Gasteiger partial charge in [0.2, 0.25) is 0 Å². The van der Waals surface area contributed by atoms with E-state index in [9.17, 15) is 9.59 Å². The van der Waals surface area contributed by atoms with Crippen LogP contribution in [0.3, 0.4) is 0 Å². The number of esters is 1. The number of ether oxygens (including phenoxy) is 1. The number of amides is 1. The van der Waals surface area contributed by atoms with E-state index in [1.807, 2.05) is 36.4 Å². The number of halogens is 1. The fourth-order valence-corrected chi connectivity index (χ4v) is 3.25. The Bertz CT molecular complexity index is 909. The van der Waals surface area contributed by atoms with E-state index in [0.29, 0.717) is 6.54 Å². The van der Waals surface area contributed by atoms with Crippen molar-refractivity contribution in [1.29, 1.82) is 0 Å². The van der Waals surface area contributed by atoms with Gasteiger partial charge in [-0.3, -0.25) is 4.79 Å². The van der Waals surface area contributed by atoms with Crippen LogP contribution < -0.4 is 5.32 Å². The first-order chi connectivity index (χ1) is 14.1. The van der Waals surface area contributed by atoms with Crippen LogP contribution in [0.2, 0.25) is 5.15 Å². The summed E-state index contributed by atoms with van der Waals surface area (Å²) in [5.74, 6) is -0.877. The van der Waals surface area contributed by atoms with Crippen LogP contribution in [-0.4, -0.2) is 30.0 Å². The zero-order valence-electron chi connectivity index (χ0n) is 15.8. The Labute approximate surface area is 174 Å². The highest BCUT2D eigenvalue weighted by atomic mass is 35.5. The lowest BCUT2D eigenvalue weighted by Crippen LogP contribution is -2.30. The van der Waals surface area contributed by atoms with Crippen molar-refractivity contribution < 1.29 is 14.3 Å². The molecule has 29 heavy (non-hydrogen) atoms. The van der Waals surface area contributed by atoms with Crippen molar-refractivity contribution in [1.82, 2.24) is 10.3 Å². The Morgan fingerprint density at radius 3 is 2.14 bits per heavy atom. The number of pyridine rings is 1. The summed E-state index contributed by atoms with van der Waals surface area (Å²) in [4.78, 5) is 27.9. The van der Waals surface area contributed by atoms with Crippen molar-refractivity contribution in [3.05, 3.63) is 101 Å². The number of aromatic nitrogens is 1. The quantitative estimate of drug-likeness (QED) is 0.447. The molecule has 6 heteroatoms. The second-order valence-electron chi connectivity index (χ2n) is 6.43. The van der Waals surface area contributed by atoms with E-state index in [0.717, 1.165) is 6.42 Å². The molecule has 1 N–H and O–H groups in total. The molecule has 5 nitrogen and oxygen atoms in total. The van der Waals surface area contributed by atoms with Gasteiger partial charge in [0.25, 0.3) is 5.91 Å². The number of hydrogen-bond acceptors (Lipinski definition) is 4. The van der Waals surface area contributed by atoms with Gasteiger partial charge in [0.1, 0.15) is 5.15 Å². The number of carbonyl (C=O) groups excluding carboxylic acids is 2. The van der Waals surface area contributed by atoms with E-state index < -0.39 is 5.97 Å². The highest BCUT2D eigenvalue weighted by Gasteiger charge is 2.16. The van der Waals surface area contributed by atoms with Gasteiger partial charge >= 0.3 is 5.97 Å². The maximum Gasteiger partial charge on any atom is 0.341 e. The van der Waals surface area contributed by atoms with E-state index in [1.165, 1.54) is 23.4 Å². The summed E-state index contributed by atoms with van der Waals surface area (Å²) in [6.07, 6.45) is 2.20. The lowest BCUT2D eigenvalue weighted by molar-refractivity contribution is -0.124. The topological polar surface area (TPSA) is 68.3 Å². The minimum atomic E-state index is -0.676. The Balaban J connectivity index is 1.52. The second kappa shape index (κ2) is 10.4. The van der Waals surface area contributed by atoms with Crippen LogP contribution in [0.1, 0.15) is 33.8 Å². The molecule has 0 aliphatic rings. The smallest absolute Gasteiger partial charge is 0.341 e. The first-order valence-corrected chi connectivity index (χ1v) is 9.67. The van der Waals surface area contributed by atoms with E-state index in [4.69, 9.17) is 16.3 Å². The second-order valence-corrected chi connectivity index (χ2v) is 6.79. The molecule has 3 rings (SSSR count). The van der Waals surface area contributed by atoms with Crippen LogP contribution in [0.15, 0.2) is 79.0 Å². The van der Waals surface area contributed by atoms with Crippen molar-refractivity contribution in [3.63, 3.8) is 0 Å². The van der Waals surface area contributed by atoms with Crippen molar-refractivity contribution in [2.24, 2.45) is 0 Å². The predicted octanol–water partition coefficient (Wildman–Crippen LogP) is 4.23. The molecule has 3 aromatic rings. The Morgan fingerprint density at radius 1 is 0.931 bits per heavy atom. The Morgan fingerprint density at radius 2 is 1.55 bits per heavy atom. The van der Waals surface area contributed by atoms with E-state index in [2.05, 4.69) is 34.6 Å². The Kier molecular flexibility index (Phi) is 7.36. The molecule has 0 unspecified atom stereocenters. The summed E-state index contributed by atoms with van der Waals surface area (Å²) >= 11 is 5.86. The third kappa shape index (κ3) is 5.90. The number of rotatable bonds is 8. The molecule has 0 fully saturated rings. The largest absolute Gasteiger partial charge is 0.452 e. The maximum atomic E-state index is 12.1. The lowest BCUT2D eigenvalue weighted by atomic mass is 9.88. The van der Waals surface area contributed by atoms with Crippen molar-refractivity contribution in [2.75, 3.05) is 13.2 Å². The first kappa shape index (κ1) is 20.6. The number of hydrogen-bond donors (Lipinski definition) is 1. The fourth-order valence-electron chi connectivity index (χ4n) is 3.05. The summed E-state index contributed by atoms with van der Waals surface area (Å²) in [6.45, 7) is 0.0872. The van der Waals surface area contributed by atoms with Gasteiger partial charge in [-0.15, -0.1) is 0 Å². The zero-order valence-corrected chi connectivity index (χ0v) is 16.5. The van der Waals surface area contributed by atoms with Crippen molar-refractivity contribution >= 4 is 23.5 Å². The van der Waals surface area contributed by atoms with Gasteiger partial charge in [-0.2, -0.15) is 0 Å². The third-order valence-corrected chi connectivity index (χ3v) is 4.77. The number of nitrogens with zero attached hydrogens (tertiary/aromatic N) is 1. The van der Waals surface area contributed by atoms with Crippen LogP contribution in [-0.2, 0) is 9.53 Å². The molecule has 0 radical (unpaired) electrons. The van der Waals surface area contributed by atoms with Crippen LogP contribution in [0, 0.1) is 0 Å². The SMILES string of the molecule is O=C(COC(=O)c1cccnc1Cl)NCCC(c1ccccc1)c1ccccc1. The van der Waals surface area contributed by atoms with Gasteiger partial charge in [0.05, 0.1) is 5.56 Å². The van der Waals surface area contributed by atoms with Gasteiger partial charge in [-0.25, -0.2) is 9.78 Å². The molecular weight excluding hydrogens is 388 g/mol. The predicted molar refractivity (Wildman–Crippen MR) is 112 cm³/mol. The molecule has 0 spiro atoms. The number of nitrogens with one attached hydrogen (secondary N) is 1. The van der Waals surface area contributed by atoms with Crippen molar-refractivity contribution in [2.45, 2.75) is 12.3 Å². The summed E-state index contributed by atoms with van der Waals surface area (Å²) in [7, 11) is 0. The summed E-state index contributed by atoms with van der Waals surface area (Å²) in [5, 5.41) is 2.86. The molecule has 0 aliphatic carbocycles. The summed E-state index contributed by atoms with van der Waals surface area (Å²) in [6, 6.07) is 23.4. The van der Waals surface area contributed by atoms with E-state index in [1.54, 1.807) is 6.07 Å². The molecular formula is C23H21ClN2O3. The molecule has 1 aromatic heterocycles.